The molecule has 1 aromatic heterocycles. The number of benzene rings is 1. The second kappa shape index (κ2) is 6.15. The fraction of sp³-hybridized carbons (Fsp3) is 0.286. The van der Waals surface area contributed by atoms with Crippen LogP contribution < -0.4 is 5.32 Å². The molecule has 0 bridgehead atoms. The number of nitrogens with one attached hydrogen (secondary N) is 1. The SMILES string of the molecule is CC(O)c1ccccc1NC(=O)CCn1cccn1. The number of rotatable bonds is 5. The van der Waals surface area contributed by atoms with E-state index in [1.165, 1.54) is 0 Å². The van der Waals surface area contributed by atoms with Crippen LogP contribution in [0.5, 0.6) is 0 Å². The van der Waals surface area contributed by atoms with Crippen molar-refractivity contribution < 1.29 is 9.90 Å². The van der Waals surface area contributed by atoms with Crippen molar-refractivity contribution >= 4 is 11.6 Å². The third-order valence-corrected chi connectivity index (χ3v) is 2.81. The number of carbonyl (C=O) groups excluding carboxylic acids is 1. The maximum Gasteiger partial charge on any atom is 0.226 e. The van der Waals surface area contributed by atoms with E-state index >= 15 is 0 Å². The van der Waals surface area contributed by atoms with Crippen molar-refractivity contribution in [3.8, 4) is 0 Å². The summed E-state index contributed by atoms with van der Waals surface area (Å²) in [6.45, 7) is 2.21. The number of aliphatic hydroxyl groups is 1. The van der Waals surface area contributed by atoms with Crippen molar-refractivity contribution in [1.82, 2.24) is 9.78 Å². The van der Waals surface area contributed by atoms with Gasteiger partial charge < -0.3 is 10.4 Å². The quantitative estimate of drug-likeness (QED) is 0.862. The molecule has 2 aromatic rings. The Morgan fingerprint density at radius 1 is 1.42 bits per heavy atom. The predicted octanol–water partition coefficient (Wildman–Crippen LogP) is 1.97. The monoisotopic (exact) mass is 259 g/mol. The highest BCUT2D eigenvalue weighted by Gasteiger charge is 2.09. The molecule has 1 unspecified atom stereocenters. The maximum atomic E-state index is 11.8. The van der Waals surface area contributed by atoms with Crippen LogP contribution in [0.1, 0.15) is 25.0 Å². The average Bonchev–Trinajstić information content (AvgIpc) is 2.90. The third-order valence-electron chi connectivity index (χ3n) is 2.81. The van der Waals surface area contributed by atoms with Crippen LogP contribution in [0, 0.1) is 0 Å². The number of hydrogen-bond donors (Lipinski definition) is 2. The Bertz CT molecular complexity index is 535. The van der Waals surface area contributed by atoms with Gasteiger partial charge in [0, 0.05) is 36.6 Å². The number of aromatic nitrogens is 2. The van der Waals surface area contributed by atoms with Crippen LogP contribution in [-0.4, -0.2) is 20.8 Å². The molecule has 1 aromatic carbocycles. The molecule has 0 fully saturated rings. The van der Waals surface area contributed by atoms with E-state index in [0.717, 1.165) is 5.56 Å². The average molecular weight is 259 g/mol. The largest absolute Gasteiger partial charge is 0.389 e. The second-order valence-corrected chi connectivity index (χ2v) is 4.33. The summed E-state index contributed by atoms with van der Waals surface area (Å²) in [5, 5.41) is 16.5. The highest BCUT2D eigenvalue weighted by molar-refractivity contribution is 5.91. The fourth-order valence-electron chi connectivity index (χ4n) is 1.84. The van der Waals surface area contributed by atoms with E-state index in [9.17, 15) is 9.90 Å². The molecule has 5 nitrogen and oxygen atoms in total. The Kier molecular flexibility index (Phi) is 4.30. The molecule has 1 amide bonds. The van der Waals surface area contributed by atoms with E-state index in [1.54, 1.807) is 29.9 Å². The molecule has 0 radical (unpaired) electrons. The van der Waals surface area contributed by atoms with Crippen molar-refractivity contribution in [2.75, 3.05) is 5.32 Å². The van der Waals surface area contributed by atoms with E-state index in [1.807, 2.05) is 24.4 Å². The summed E-state index contributed by atoms with van der Waals surface area (Å²) < 4.78 is 1.71. The number of aliphatic hydroxyl groups excluding tert-OH is 1. The highest BCUT2D eigenvalue weighted by Crippen LogP contribution is 2.22. The highest BCUT2D eigenvalue weighted by atomic mass is 16.3. The van der Waals surface area contributed by atoms with Gasteiger partial charge in [-0.3, -0.25) is 9.48 Å². The molecule has 100 valence electrons. The molecule has 5 heteroatoms. The first kappa shape index (κ1) is 13.3. The second-order valence-electron chi connectivity index (χ2n) is 4.33. The Labute approximate surface area is 111 Å². The molecular formula is C14H17N3O2. The van der Waals surface area contributed by atoms with Gasteiger partial charge in [0.2, 0.25) is 5.91 Å². The van der Waals surface area contributed by atoms with Gasteiger partial charge in [-0.2, -0.15) is 5.10 Å². The van der Waals surface area contributed by atoms with Crippen molar-refractivity contribution in [2.24, 2.45) is 0 Å². The minimum atomic E-state index is -0.609. The van der Waals surface area contributed by atoms with Crippen molar-refractivity contribution in [1.29, 1.82) is 0 Å². The van der Waals surface area contributed by atoms with Gasteiger partial charge in [0.15, 0.2) is 0 Å². The van der Waals surface area contributed by atoms with Crippen LogP contribution in [-0.2, 0) is 11.3 Å². The van der Waals surface area contributed by atoms with E-state index < -0.39 is 6.10 Å². The van der Waals surface area contributed by atoms with Gasteiger partial charge in [0.1, 0.15) is 0 Å². The molecular weight excluding hydrogens is 242 g/mol. The summed E-state index contributed by atoms with van der Waals surface area (Å²) in [6.07, 6.45) is 3.23. The minimum absolute atomic E-state index is 0.0939. The normalized spacial score (nSPS) is 12.1. The van der Waals surface area contributed by atoms with Crippen LogP contribution in [0.3, 0.4) is 0 Å². The number of para-hydroxylation sites is 1. The van der Waals surface area contributed by atoms with Crippen LogP contribution in [0.4, 0.5) is 5.69 Å². The lowest BCUT2D eigenvalue weighted by Crippen LogP contribution is -2.16. The number of anilines is 1. The number of aryl methyl sites for hydroxylation is 1. The molecule has 1 atom stereocenters. The maximum absolute atomic E-state index is 11.8. The Morgan fingerprint density at radius 3 is 2.89 bits per heavy atom. The zero-order valence-corrected chi connectivity index (χ0v) is 10.8. The molecule has 0 aliphatic carbocycles. The van der Waals surface area contributed by atoms with Crippen LogP contribution in [0.25, 0.3) is 0 Å². The zero-order chi connectivity index (χ0) is 13.7. The van der Waals surface area contributed by atoms with Gasteiger partial charge in [0.05, 0.1) is 6.10 Å². The predicted molar refractivity (Wildman–Crippen MR) is 72.5 cm³/mol. The number of amides is 1. The zero-order valence-electron chi connectivity index (χ0n) is 10.8. The topological polar surface area (TPSA) is 67.2 Å². The summed E-state index contributed by atoms with van der Waals surface area (Å²) >= 11 is 0. The van der Waals surface area contributed by atoms with Crippen molar-refractivity contribution in [3.63, 3.8) is 0 Å². The Balaban J connectivity index is 1.95. The van der Waals surface area contributed by atoms with Crippen molar-refractivity contribution in [3.05, 3.63) is 48.3 Å². The summed E-state index contributed by atoms with van der Waals surface area (Å²) in [4.78, 5) is 11.8. The first-order valence-electron chi connectivity index (χ1n) is 6.21. The molecule has 2 N–H and O–H groups in total. The first-order chi connectivity index (χ1) is 9.16. The number of hydrogen-bond acceptors (Lipinski definition) is 3. The van der Waals surface area contributed by atoms with Gasteiger partial charge in [-0.25, -0.2) is 0 Å². The molecule has 19 heavy (non-hydrogen) atoms. The first-order valence-corrected chi connectivity index (χ1v) is 6.21. The summed E-state index contributed by atoms with van der Waals surface area (Å²) in [5.41, 5.74) is 1.37. The lowest BCUT2D eigenvalue weighted by atomic mass is 10.1. The number of nitrogens with zero attached hydrogens (tertiary/aromatic N) is 2. The van der Waals surface area contributed by atoms with Gasteiger partial charge >= 0.3 is 0 Å². The fourth-order valence-corrected chi connectivity index (χ4v) is 1.84. The summed E-state index contributed by atoms with van der Waals surface area (Å²) in [7, 11) is 0. The van der Waals surface area contributed by atoms with Gasteiger partial charge in [-0.1, -0.05) is 18.2 Å². The molecule has 2 rings (SSSR count). The minimum Gasteiger partial charge on any atom is -0.389 e. The van der Waals surface area contributed by atoms with Gasteiger partial charge in [-0.15, -0.1) is 0 Å². The van der Waals surface area contributed by atoms with E-state index in [4.69, 9.17) is 0 Å². The third kappa shape index (κ3) is 3.66. The molecule has 0 aliphatic rings. The van der Waals surface area contributed by atoms with Crippen LogP contribution >= 0.6 is 0 Å². The van der Waals surface area contributed by atoms with Crippen molar-refractivity contribution in [2.45, 2.75) is 26.0 Å². The lowest BCUT2D eigenvalue weighted by molar-refractivity contribution is -0.116. The smallest absolute Gasteiger partial charge is 0.226 e. The van der Waals surface area contributed by atoms with E-state index in [-0.39, 0.29) is 5.91 Å². The van der Waals surface area contributed by atoms with Crippen LogP contribution in [0.15, 0.2) is 42.7 Å². The van der Waals surface area contributed by atoms with Gasteiger partial charge in [-0.05, 0) is 19.1 Å². The standard InChI is InChI=1S/C14H17N3O2/c1-11(18)12-5-2-3-6-13(12)16-14(19)7-10-17-9-4-8-15-17/h2-6,8-9,11,18H,7,10H2,1H3,(H,16,19). The molecule has 0 aliphatic heterocycles. The molecule has 0 saturated carbocycles. The Morgan fingerprint density at radius 2 is 2.21 bits per heavy atom. The molecule has 0 saturated heterocycles. The summed E-state index contributed by atoms with van der Waals surface area (Å²) in [5.74, 6) is -0.0939. The van der Waals surface area contributed by atoms with E-state index in [2.05, 4.69) is 10.4 Å². The van der Waals surface area contributed by atoms with E-state index in [0.29, 0.717) is 18.7 Å². The molecule has 1 heterocycles. The summed E-state index contributed by atoms with van der Waals surface area (Å²) in [6, 6.07) is 9.07. The van der Waals surface area contributed by atoms with Gasteiger partial charge in [0.25, 0.3) is 0 Å². The lowest BCUT2D eigenvalue weighted by Gasteiger charge is -2.12. The number of carbonyl (C=O) groups is 1. The Hall–Kier alpha value is -2.14. The van der Waals surface area contributed by atoms with Crippen LogP contribution in [0.2, 0.25) is 0 Å². The molecule has 0 spiro atoms.